The lowest BCUT2D eigenvalue weighted by atomic mass is 10.1. The molecular formula is C13H20BrNO2. The van der Waals surface area contributed by atoms with Gasteiger partial charge in [-0.25, -0.2) is 0 Å². The van der Waals surface area contributed by atoms with Crippen molar-refractivity contribution in [3.05, 3.63) is 22.6 Å². The average Bonchev–Trinajstić information content (AvgIpc) is 2.77. The zero-order valence-electron chi connectivity index (χ0n) is 10.2. The van der Waals surface area contributed by atoms with E-state index < -0.39 is 0 Å². The molecule has 1 N–H and O–H groups in total. The van der Waals surface area contributed by atoms with Crippen LogP contribution in [0, 0.1) is 0 Å². The van der Waals surface area contributed by atoms with E-state index in [4.69, 9.17) is 9.15 Å². The van der Waals surface area contributed by atoms with Gasteiger partial charge in [-0.1, -0.05) is 0 Å². The highest BCUT2D eigenvalue weighted by Gasteiger charge is 2.14. The molecule has 2 atom stereocenters. The van der Waals surface area contributed by atoms with Crippen LogP contribution >= 0.6 is 15.9 Å². The predicted molar refractivity (Wildman–Crippen MR) is 71.0 cm³/mol. The van der Waals surface area contributed by atoms with Crippen LogP contribution in [0.15, 0.2) is 21.2 Å². The summed E-state index contributed by atoms with van der Waals surface area (Å²) in [7, 11) is 0. The van der Waals surface area contributed by atoms with Gasteiger partial charge in [0.1, 0.15) is 5.76 Å². The normalized spacial score (nSPS) is 22.6. The van der Waals surface area contributed by atoms with Crippen molar-refractivity contribution in [2.45, 2.75) is 44.8 Å². The fourth-order valence-corrected chi connectivity index (χ4v) is 2.48. The smallest absolute Gasteiger partial charge is 0.169 e. The van der Waals surface area contributed by atoms with E-state index in [9.17, 15) is 0 Å². The van der Waals surface area contributed by atoms with Gasteiger partial charge in [0.05, 0.1) is 12.1 Å². The van der Waals surface area contributed by atoms with E-state index in [0.717, 1.165) is 30.0 Å². The highest BCUT2D eigenvalue weighted by Crippen LogP contribution is 2.20. The minimum atomic E-state index is 0.255. The highest BCUT2D eigenvalue weighted by molar-refractivity contribution is 9.10. The van der Waals surface area contributed by atoms with Crippen LogP contribution in [-0.4, -0.2) is 19.3 Å². The summed E-state index contributed by atoms with van der Waals surface area (Å²) >= 11 is 3.32. The van der Waals surface area contributed by atoms with E-state index in [1.54, 1.807) is 0 Å². The summed E-state index contributed by atoms with van der Waals surface area (Å²) in [6.07, 6.45) is 5.28. The van der Waals surface area contributed by atoms with Crippen LogP contribution in [-0.2, 0) is 4.74 Å². The molecule has 96 valence electrons. The lowest BCUT2D eigenvalue weighted by molar-refractivity contribution is 0.0112. The monoisotopic (exact) mass is 301 g/mol. The third-order valence-electron chi connectivity index (χ3n) is 3.21. The van der Waals surface area contributed by atoms with Crippen molar-refractivity contribution in [1.29, 1.82) is 0 Å². The van der Waals surface area contributed by atoms with Crippen LogP contribution in [0.4, 0.5) is 0 Å². The second-order valence-corrected chi connectivity index (χ2v) is 5.38. The molecule has 17 heavy (non-hydrogen) atoms. The van der Waals surface area contributed by atoms with Crippen molar-refractivity contribution in [2.75, 3.05) is 13.2 Å². The average molecular weight is 302 g/mol. The van der Waals surface area contributed by atoms with Gasteiger partial charge in [0, 0.05) is 6.61 Å². The van der Waals surface area contributed by atoms with Crippen molar-refractivity contribution in [3.63, 3.8) is 0 Å². The van der Waals surface area contributed by atoms with Crippen molar-refractivity contribution in [2.24, 2.45) is 0 Å². The van der Waals surface area contributed by atoms with E-state index in [1.165, 1.54) is 19.3 Å². The molecule has 1 aliphatic heterocycles. The second kappa shape index (κ2) is 6.57. The fraction of sp³-hybridized carbons (Fsp3) is 0.692. The summed E-state index contributed by atoms with van der Waals surface area (Å²) in [5, 5.41) is 3.46. The Bertz CT molecular complexity index is 334. The van der Waals surface area contributed by atoms with Crippen molar-refractivity contribution >= 4 is 15.9 Å². The Labute approximate surface area is 111 Å². The molecule has 2 heterocycles. The molecule has 0 radical (unpaired) electrons. The first-order valence-corrected chi connectivity index (χ1v) is 7.15. The molecule has 2 rings (SSSR count). The number of furan rings is 1. The van der Waals surface area contributed by atoms with Crippen LogP contribution in [0.25, 0.3) is 0 Å². The molecule has 0 bridgehead atoms. The van der Waals surface area contributed by atoms with Crippen LogP contribution in [0.5, 0.6) is 0 Å². The van der Waals surface area contributed by atoms with Crippen LogP contribution in [0.2, 0.25) is 0 Å². The first kappa shape index (κ1) is 13.1. The van der Waals surface area contributed by atoms with Gasteiger partial charge < -0.3 is 14.5 Å². The van der Waals surface area contributed by atoms with Gasteiger partial charge in [0.15, 0.2) is 4.67 Å². The summed E-state index contributed by atoms with van der Waals surface area (Å²) in [5.41, 5.74) is 0. The van der Waals surface area contributed by atoms with Gasteiger partial charge in [-0.05, 0) is 67.2 Å². The third-order valence-corrected chi connectivity index (χ3v) is 3.64. The molecule has 1 aliphatic rings. The van der Waals surface area contributed by atoms with E-state index in [0.29, 0.717) is 6.10 Å². The number of rotatable bonds is 5. The molecule has 0 aromatic carbocycles. The Balaban J connectivity index is 1.67. The first-order chi connectivity index (χ1) is 8.25. The van der Waals surface area contributed by atoms with E-state index in [1.807, 2.05) is 12.1 Å². The van der Waals surface area contributed by atoms with E-state index >= 15 is 0 Å². The lowest BCUT2D eigenvalue weighted by Gasteiger charge is -2.23. The van der Waals surface area contributed by atoms with Gasteiger partial charge in [0.25, 0.3) is 0 Å². The van der Waals surface area contributed by atoms with E-state index in [-0.39, 0.29) is 6.04 Å². The lowest BCUT2D eigenvalue weighted by Crippen LogP contribution is -2.26. The van der Waals surface area contributed by atoms with Gasteiger partial charge in [-0.15, -0.1) is 0 Å². The highest BCUT2D eigenvalue weighted by atomic mass is 79.9. The minimum Gasteiger partial charge on any atom is -0.453 e. The quantitative estimate of drug-likeness (QED) is 0.901. The maximum Gasteiger partial charge on any atom is 0.169 e. The number of nitrogens with one attached hydrogen (secondary N) is 1. The summed E-state index contributed by atoms with van der Waals surface area (Å²) in [6.45, 7) is 4.03. The molecule has 1 aromatic heterocycles. The zero-order valence-corrected chi connectivity index (χ0v) is 11.8. The van der Waals surface area contributed by atoms with Crippen molar-refractivity contribution in [1.82, 2.24) is 5.32 Å². The number of hydrogen-bond donors (Lipinski definition) is 1. The van der Waals surface area contributed by atoms with Gasteiger partial charge in [-0.2, -0.15) is 0 Å². The zero-order chi connectivity index (χ0) is 12.1. The second-order valence-electron chi connectivity index (χ2n) is 4.59. The van der Waals surface area contributed by atoms with Crippen LogP contribution in [0.1, 0.15) is 44.4 Å². The van der Waals surface area contributed by atoms with Crippen molar-refractivity contribution in [3.8, 4) is 0 Å². The summed E-state index contributed by atoms with van der Waals surface area (Å²) < 4.78 is 12.0. The number of halogens is 1. The Morgan fingerprint density at radius 3 is 3.00 bits per heavy atom. The minimum absolute atomic E-state index is 0.255. The maximum absolute atomic E-state index is 5.70. The number of hydrogen-bond acceptors (Lipinski definition) is 3. The van der Waals surface area contributed by atoms with Gasteiger partial charge in [-0.3, -0.25) is 0 Å². The molecule has 0 aliphatic carbocycles. The third kappa shape index (κ3) is 4.12. The largest absolute Gasteiger partial charge is 0.453 e. The Hall–Kier alpha value is -0.320. The Morgan fingerprint density at radius 1 is 1.47 bits per heavy atom. The molecule has 1 aromatic rings. The van der Waals surface area contributed by atoms with Crippen LogP contribution in [0.3, 0.4) is 0 Å². The fourth-order valence-electron chi connectivity index (χ4n) is 2.16. The molecular weight excluding hydrogens is 282 g/mol. The van der Waals surface area contributed by atoms with Gasteiger partial charge in [0.2, 0.25) is 0 Å². The summed E-state index contributed by atoms with van der Waals surface area (Å²) in [5.74, 6) is 0.974. The molecule has 1 fully saturated rings. The molecule has 2 unspecified atom stereocenters. The van der Waals surface area contributed by atoms with Crippen LogP contribution < -0.4 is 5.32 Å². The van der Waals surface area contributed by atoms with Crippen molar-refractivity contribution < 1.29 is 9.15 Å². The first-order valence-electron chi connectivity index (χ1n) is 6.36. The predicted octanol–water partition coefficient (Wildman–Crippen LogP) is 3.65. The maximum atomic E-state index is 5.70. The Kier molecular flexibility index (Phi) is 5.07. The Morgan fingerprint density at radius 2 is 2.35 bits per heavy atom. The topological polar surface area (TPSA) is 34.4 Å². The SMILES string of the molecule is CC(NCCC1CCCCO1)c1ccc(Br)o1. The molecule has 3 nitrogen and oxygen atoms in total. The molecule has 0 spiro atoms. The summed E-state index contributed by atoms with van der Waals surface area (Å²) in [4.78, 5) is 0. The molecule has 0 saturated carbocycles. The molecule has 0 amide bonds. The molecule has 4 heteroatoms. The standard InChI is InChI=1S/C13H20BrNO2/c1-10(12-5-6-13(14)17-12)15-8-7-11-4-2-3-9-16-11/h5-6,10-11,15H,2-4,7-9H2,1H3. The van der Waals surface area contributed by atoms with E-state index in [2.05, 4.69) is 28.2 Å². The summed E-state index contributed by atoms with van der Waals surface area (Å²) in [6, 6.07) is 4.18. The number of ether oxygens (including phenoxy) is 1. The van der Waals surface area contributed by atoms with Gasteiger partial charge >= 0.3 is 0 Å². The molecule has 1 saturated heterocycles.